The number of carbonyl (C=O) groups excluding carboxylic acids is 1. The highest BCUT2D eigenvalue weighted by molar-refractivity contribution is 5.93. The number of ether oxygens (including phenoxy) is 1. The Bertz CT molecular complexity index is 353. The first-order valence-electron chi connectivity index (χ1n) is 6.00. The van der Waals surface area contributed by atoms with E-state index >= 15 is 0 Å². The number of rotatable bonds is 7. The third-order valence-electron chi connectivity index (χ3n) is 2.16. The van der Waals surface area contributed by atoms with Crippen LogP contribution in [0.3, 0.4) is 0 Å². The second-order valence-corrected chi connectivity index (χ2v) is 3.67. The van der Waals surface area contributed by atoms with E-state index in [1.807, 2.05) is 38.1 Å². The zero-order chi connectivity index (χ0) is 12.5. The first kappa shape index (κ1) is 13.5. The van der Waals surface area contributed by atoms with Crippen molar-refractivity contribution in [1.29, 1.82) is 0 Å². The molecule has 0 aliphatic rings. The van der Waals surface area contributed by atoms with Gasteiger partial charge >= 0.3 is 0 Å². The lowest BCUT2D eigenvalue weighted by atomic mass is 10.3. The van der Waals surface area contributed by atoms with Crippen LogP contribution in [0, 0.1) is 0 Å². The van der Waals surface area contributed by atoms with Crippen LogP contribution in [0.1, 0.15) is 20.3 Å². The lowest BCUT2D eigenvalue weighted by Crippen LogP contribution is -2.27. The van der Waals surface area contributed by atoms with Gasteiger partial charge in [-0.1, -0.05) is 26.0 Å². The molecule has 4 nitrogen and oxygen atoms in total. The zero-order valence-corrected chi connectivity index (χ0v) is 10.5. The summed E-state index contributed by atoms with van der Waals surface area (Å²) >= 11 is 0. The number of benzene rings is 1. The molecule has 17 heavy (non-hydrogen) atoms. The van der Waals surface area contributed by atoms with Crippen molar-refractivity contribution < 1.29 is 9.53 Å². The molecule has 94 valence electrons. The number of likely N-dealkylation sites (N-methyl/N-ethyl adjacent to an activating group) is 1. The predicted molar refractivity (Wildman–Crippen MR) is 69.4 cm³/mol. The van der Waals surface area contributed by atoms with Gasteiger partial charge in [0.15, 0.2) is 0 Å². The van der Waals surface area contributed by atoms with Gasteiger partial charge in [0, 0.05) is 0 Å². The molecule has 0 radical (unpaired) electrons. The molecule has 1 aromatic carbocycles. The molecule has 0 fully saturated rings. The molecule has 0 bridgehead atoms. The highest BCUT2D eigenvalue weighted by Gasteiger charge is 2.06. The van der Waals surface area contributed by atoms with Crippen LogP contribution in [0.25, 0.3) is 0 Å². The number of hydrogen-bond acceptors (Lipinski definition) is 3. The summed E-state index contributed by atoms with van der Waals surface area (Å²) in [7, 11) is 0. The monoisotopic (exact) mass is 236 g/mol. The highest BCUT2D eigenvalue weighted by atomic mass is 16.5. The molecule has 0 atom stereocenters. The number of anilines is 1. The SMILES string of the molecule is CCCOc1ccccc1NC(=O)CNCC. The molecule has 4 heteroatoms. The fourth-order valence-corrected chi connectivity index (χ4v) is 1.34. The minimum atomic E-state index is -0.0561. The summed E-state index contributed by atoms with van der Waals surface area (Å²) in [5.41, 5.74) is 0.726. The number of hydrogen-bond donors (Lipinski definition) is 2. The van der Waals surface area contributed by atoms with Gasteiger partial charge in [-0.3, -0.25) is 4.79 Å². The highest BCUT2D eigenvalue weighted by Crippen LogP contribution is 2.23. The molecule has 1 aromatic rings. The first-order valence-corrected chi connectivity index (χ1v) is 6.00. The first-order chi connectivity index (χ1) is 8.27. The fraction of sp³-hybridized carbons (Fsp3) is 0.462. The van der Waals surface area contributed by atoms with Crippen molar-refractivity contribution in [2.75, 3.05) is 25.0 Å². The van der Waals surface area contributed by atoms with Crippen LogP contribution in [0.4, 0.5) is 5.69 Å². The van der Waals surface area contributed by atoms with Crippen LogP contribution >= 0.6 is 0 Å². The predicted octanol–water partition coefficient (Wildman–Crippen LogP) is 2.02. The average molecular weight is 236 g/mol. The third kappa shape index (κ3) is 4.87. The van der Waals surface area contributed by atoms with Crippen LogP contribution < -0.4 is 15.4 Å². The van der Waals surface area contributed by atoms with Crippen molar-refractivity contribution in [3.05, 3.63) is 24.3 Å². The molecule has 2 N–H and O–H groups in total. The summed E-state index contributed by atoms with van der Waals surface area (Å²) in [5.74, 6) is 0.665. The molecule has 0 aliphatic carbocycles. The smallest absolute Gasteiger partial charge is 0.238 e. The van der Waals surface area contributed by atoms with Gasteiger partial charge in [-0.25, -0.2) is 0 Å². The van der Waals surface area contributed by atoms with Gasteiger partial charge in [0.05, 0.1) is 18.8 Å². The molecular formula is C13H20N2O2. The molecule has 0 saturated heterocycles. The van der Waals surface area contributed by atoms with Crippen molar-refractivity contribution in [3.8, 4) is 5.75 Å². The lowest BCUT2D eigenvalue weighted by molar-refractivity contribution is -0.115. The fourth-order valence-electron chi connectivity index (χ4n) is 1.34. The van der Waals surface area contributed by atoms with E-state index < -0.39 is 0 Å². The molecule has 0 aromatic heterocycles. The Morgan fingerprint density at radius 2 is 2.06 bits per heavy atom. The second-order valence-electron chi connectivity index (χ2n) is 3.67. The Hall–Kier alpha value is -1.55. The number of para-hydroxylation sites is 2. The van der Waals surface area contributed by atoms with Gasteiger partial charge < -0.3 is 15.4 Å². The van der Waals surface area contributed by atoms with Crippen LogP contribution in [-0.4, -0.2) is 25.6 Å². The maximum absolute atomic E-state index is 11.6. The molecule has 0 spiro atoms. The van der Waals surface area contributed by atoms with E-state index in [0.717, 1.165) is 24.4 Å². The van der Waals surface area contributed by atoms with Crippen LogP contribution in [0.15, 0.2) is 24.3 Å². The summed E-state index contributed by atoms with van der Waals surface area (Å²) in [6.07, 6.45) is 0.944. The molecular weight excluding hydrogens is 216 g/mol. The third-order valence-corrected chi connectivity index (χ3v) is 2.16. The zero-order valence-electron chi connectivity index (χ0n) is 10.5. The Kier molecular flexibility index (Phi) is 6.10. The Morgan fingerprint density at radius 3 is 2.76 bits per heavy atom. The lowest BCUT2D eigenvalue weighted by Gasteiger charge is -2.11. The normalized spacial score (nSPS) is 10.0. The molecule has 0 heterocycles. The van der Waals surface area contributed by atoms with E-state index in [0.29, 0.717) is 13.2 Å². The van der Waals surface area contributed by atoms with Gasteiger partial charge in [-0.2, -0.15) is 0 Å². The average Bonchev–Trinajstić information content (AvgIpc) is 2.35. The number of amides is 1. The summed E-state index contributed by atoms with van der Waals surface area (Å²) < 4.78 is 5.56. The second kappa shape index (κ2) is 7.68. The Balaban J connectivity index is 2.59. The van der Waals surface area contributed by atoms with Gasteiger partial charge in [0.25, 0.3) is 0 Å². The Labute approximate surface area is 102 Å². The summed E-state index contributed by atoms with van der Waals surface area (Å²) in [5, 5.41) is 5.81. The Morgan fingerprint density at radius 1 is 1.29 bits per heavy atom. The topological polar surface area (TPSA) is 50.4 Å². The van der Waals surface area contributed by atoms with Crippen LogP contribution in [-0.2, 0) is 4.79 Å². The van der Waals surface area contributed by atoms with Crippen molar-refractivity contribution in [3.63, 3.8) is 0 Å². The molecule has 0 aliphatic heterocycles. The minimum Gasteiger partial charge on any atom is -0.491 e. The molecule has 1 amide bonds. The standard InChI is InChI=1S/C13H20N2O2/c1-3-9-17-12-8-6-5-7-11(12)15-13(16)10-14-4-2/h5-8,14H,3-4,9-10H2,1-2H3,(H,15,16). The largest absolute Gasteiger partial charge is 0.491 e. The maximum atomic E-state index is 11.6. The summed E-state index contributed by atoms with van der Waals surface area (Å²) in [6, 6.07) is 7.47. The van der Waals surface area contributed by atoms with E-state index in [2.05, 4.69) is 10.6 Å². The van der Waals surface area contributed by atoms with Gasteiger partial charge in [0.1, 0.15) is 5.75 Å². The van der Waals surface area contributed by atoms with E-state index in [1.54, 1.807) is 0 Å². The molecule has 0 unspecified atom stereocenters. The van der Waals surface area contributed by atoms with Crippen LogP contribution in [0.5, 0.6) is 5.75 Å². The van der Waals surface area contributed by atoms with Crippen molar-refractivity contribution in [2.24, 2.45) is 0 Å². The van der Waals surface area contributed by atoms with Crippen molar-refractivity contribution >= 4 is 11.6 Å². The van der Waals surface area contributed by atoms with E-state index in [1.165, 1.54) is 0 Å². The maximum Gasteiger partial charge on any atom is 0.238 e. The van der Waals surface area contributed by atoms with Crippen molar-refractivity contribution in [2.45, 2.75) is 20.3 Å². The van der Waals surface area contributed by atoms with Gasteiger partial charge in [-0.05, 0) is 25.1 Å². The number of carbonyl (C=O) groups is 1. The quantitative estimate of drug-likeness (QED) is 0.761. The summed E-state index contributed by atoms with van der Waals surface area (Å²) in [6.45, 7) is 5.76. The molecule has 0 saturated carbocycles. The van der Waals surface area contributed by atoms with Gasteiger partial charge in [0.2, 0.25) is 5.91 Å². The van der Waals surface area contributed by atoms with Crippen molar-refractivity contribution in [1.82, 2.24) is 5.32 Å². The van der Waals surface area contributed by atoms with E-state index in [-0.39, 0.29) is 5.91 Å². The number of nitrogens with one attached hydrogen (secondary N) is 2. The van der Waals surface area contributed by atoms with E-state index in [4.69, 9.17) is 4.74 Å². The summed E-state index contributed by atoms with van der Waals surface area (Å²) in [4.78, 5) is 11.6. The van der Waals surface area contributed by atoms with E-state index in [9.17, 15) is 4.79 Å². The molecule has 1 rings (SSSR count). The van der Waals surface area contributed by atoms with Gasteiger partial charge in [-0.15, -0.1) is 0 Å². The van der Waals surface area contributed by atoms with Crippen LogP contribution in [0.2, 0.25) is 0 Å². The minimum absolute atomic E-state index is 0.0561.